The van der Waals surface area contributed by atoms with Crippen LogP contribution in [0.25, 0.3) is 0 Å². The highest BCUT2D eigenvalue weighted by Gasteiger charge is 2.39. The largest absolute Gasteiger partial charge is 0.493 e. The molecule has 2 aliphatic heterocycles. The molecule has 3 rings (SSSR count). The third-order valence-electron chi connectivity index (χ3n) is 3.63. The number of hydrogen-bond acceptors (Lipinski definition) is 5. The quantitative estimate of drug-likeness (QED) is 0.899. The number of ether oxygens (including phenoxy) is 4. The van der Waals surface area contributed by atoms with Crippen LogP contribution in [0, 0.1) is 5.41 Å². The van der Waals surface area contributed by atoms with Crippen molar-refractivity contribution in [3.8, 4) is 17.2 Å². The van der Waals surface area contributed by atoms with Crippen molar-refractivity contribution >= 4 is 6.09 Å². The van der Waals surface area contributed by atoms with Crippen molar-refractivity contribution in [3.63, 3.8) is 0 Å². The molecule has 1 N–H and O–H groups in total. The van der Waals surface area contributed by atoms with Gasteiger partial charge in [-0.05, 0) is 17.7 Å². The molecule has 20 heavy (non-hydrogen) atoms. The molecule has 6 nitrogen and oxygen atoms in total. The standard InChI is InChI=1S/C14H17NO5/c1-14(2)6-18-13(16)15-12(14)8-4-9(17-3)11-10(5-8)19-7-20-11/h4-5,12H,6-7H2,1-3H3,(H,15,16)/t12-/m1/s1. The molecule has 1 amide bonds. The Bertz CT molecular complexity index is 555. The fourth-order valence-corrected chi connectivity index (χ4v) is 2.54. The Morgan fingerprint density at radius 2 is 2.10 bits per heavy atom. The Balaban J connectivity index is 2.03. The summed E-state index contributed by atoms with van der Waals surface area (Å²) in [6, 6.07) is 3.57. The molecule has 0 saturated carbocycles. The van der Waals surface area contributed by atoms with Crippen LogP contribution in [0.15, 0.2) is 12.1 Å². The zero-order valence-corrected chi connectivity index (χ0v) is 11.7. The first kappa shape index (κ1) is 12.9. The number of alkyl carbamates (subject to hydrolysis) is 1. The molecule has 6 heteroatoms. The van der Waals surface area contributed by atoms with E-state index in [0.29, 0.717) is 23.9 Å². The molecule has 108 valence electrons. The van der Waals surface area contributed by atoms with Gasteiger partial charge in [-0.2, -0.15) is 0 Å². The van der Waals surface area contributed by atoms with Crippen LogP contribution in [0.1, 0.15) is 25.5 Å². The fourth-order valence-electron chi connectivity index (χ4n) is 2.54. The van der Waals surface area contributed by atoms with E-state index in [1.54, 1.807) is 7.11 Å². The van der Waals surface area contributed by atoms with Gasteiger partial charge in [-0.25, -0.2) is 4.79 Å². The molecule has 0 radical (unpaired) electrons. The van der Waals surface area contributed by atoms with Gasteiger partial charge in [-0.1, -0.05) is 13.8 Å². The lowest BCUT2D eigenvalue weighted by Crippen LogP contribution is -2.46. The molecule has 0 bridgehead atoms. The van der Waals surface area contributed by atoms with Crippen molar-refractivity contribution < 1.29 is 23.7 Å². The van der Waals surface area contributed by atoms with Crippen LogP contribution in [-0.4, -0.2) is 26.6 Å². The summed E-state index contributed by atoms with van der Waals surface area (Å²) in [4.78, 5) is 11.5. The van der Waals surface area contributed by atoms with E-state index >= 15 is 0 Å². The molecular formula is C14H17NO5. The average Bonchev–Trinajstić information content (AvgIpc) is 2.88. The van der Waals surface area contributed by atoms with Gasteiger partial charge in [0.2, 0.25) is 12.5 Å². The number of nitrogens with one attached hydrogen (secondary N) is 1. The Morgan fingerprint density at radius 3 is 2.85 bits per heavy atom. The molecule has 2 heterocycles. The lowest BCUT2D eigenvalue weighted by atomic mass is 9.80. The van der Waals surface area contributed by atoms with Crippen molar-refractivity contribution in [1.29, 1.82) is 0 Å². The number of hydrogen-bond donors (Lipinski definition) is 1. The molecule has 0 unspecified atom stereocenters. The number of carbonyl (C=O) groups excluding carboxylic acids is 1. The maximum Gasteiger partial charge on any atom is 0.407 e. The molecule has 1 aromatic rings. The predicted molar refractivity (Wildman–Crippen MR) is 70.1 cm³/mol. The number of cyclic esters (lactones) is 1. The summed E-state index contributed by atoms with van der Waals surface area (Å²) in [5.41, 5.74) is 0.680. The van der Waals surface area contributed by atoms with Gasteiger partial charge in [0.1, 0.15) is 6.61 Å². The maximum atomic E-state index is 11.5. The summed E-state index contributed by atoms with van der Waals surface area (Å²) < 4.78 is 21.2. The number of amides is 1. The van der Waals surface area contributed by atoms with Crippen LogP contribution in [0.2, 0.25) is 0 Å². The highest BCUT2D eigenvalue weighted by Crippen LogP contribution is 2.46. The summed E-state index contributed by atoms with van der Waals surface area (Å²) in [5.74, 6) is 1.84. The number of fused-ring (bicyclic) bond motifs is 1. The van der Waals surface area contributed by atoms with Crippen LogP contribution >= 0.6 is 0 Å². The Kier molecular flexibility index (Phi) is 2.88. The summed E-state index contributed by atoms with van der Waals surface area (Å²) in [7, 11) is 1.58. The average molecular weight is 279 g/mol. The van der Waals surface area contributed by atoms with Gasteiger partial charge in [0.05, 0.1) is 13.2 Å². The molecule has 2 aliphatic rings. The van der Waals surface area contributed by atoms with Gasteiger partial charge in [0.25, 0.3) is 0 Å². The minimum Gasteiger partial charge on any atom is -0.493 e. The molecular weight excluding hydrogens is 262 g/mol. The van der Waals surface area contributed by atoms with Crippen molar-refractivity contribution in [2.45, 2.75) is 19.9 Å². The van der Waals surface area contributed by atoms with Crippen molar-refractivity contribution in [2.75, 3.05) is 20.5 Å². The normalized spacial score (nSPS) is 22.9. The molecule has 1 atom stereocenters. The van der Waals surface area contributed by atoms with Crippen molar-refractivity contribution in [2.24, 2.45) is 5.41 Å². The first-order chi connectivity index (χ1) is 9.51. The monoisotopic (exact) mass is 279 g/mol. The van der Waals surface area contributed by atoms with Crippen LogP contribution in [0.5, 0.6) is 17.2 Å². The SMILES string of the molecule is COc1cc([C@H]2NC(=O)OCC2(C)C)cc2c1OCO2. The lowest BCUT2D eigenvalue weighted by molar-refractivity contribution is 0.0386. The lowest BCUT2D eigenvalue weighted by Gasteiger charge is -2.38. The highest BCUT2D eigenvalue weighted by molar-refractivity contribution is 5.69. The first-order valence-corrected chi connectivity index (χ1v) is 6.42. The van der Waals surface area contributed by atoms with Crippen LogP contribution in [-0.2, 0) is 4.74 Å². The Labute approximate surface area is 117 Å². The van der Waals surface area contributed by atoms with Crippen LogP contribution in [0.3, 0.4) is 0 Å². The summed E-state index contributed by atoms with van der Waals surface area (Å²) >= 11 is 0. The van der Waals surface area contributed by atoms with Gasteiger partial charge in [-0.3, -0.25) is 0 Å². The minimum absolute atomic E-state index is 0.174. The second kappa shape index (κ2) is 4.47. The highest BCUT2D eigenvalue weighted by atomic mass is 16.7. The van der Waals surface area contributed by atoms with Gasteiger partial charge in [-0.15, -0.1) is 0 Å². The molecule has 0 spiro atoms. The minimum atomic E-state index is -0.411. The maximum absolute atomic E-state index is 11.5. The zero-order chi connectivity index (χ0) is 14.3. The molecule has 1 saturated heterocycles. The zero-order valence-electron chi connectivity index (χ0n) is 11.7. The van der Waals surface area contributed by atoms with E-state index in [1.807, 2.05) is 26.0 Å². The third-order valence-corrected chi connectivity index (χ3v) is 3.63. The second-order valence-electron chi connectivity index (χ2n) is 5.60. The molecule has 1 fully saturated rings. The van der Waals surface area contributed by atoms with Gasteiger partial charge < -0.3 is 24.3 Å². The molecule has 0 aromatic heterocycles. The van der Waals surface area contributed by atoms with Gasteiger partial charge >= 0.3 is 6.09 Å². The number of carbonyl (C=O) groups is 1. The Hall–Kier alpha value is -2.11. The number of benzene rings is 1. The smallest absolute Gasteiger partial charge is 0.407 e. The van der Waals surface area contributed by atoms with Gasteiger partial charge in [0.15, 0.2) is 11.5 Å². The summed E-state index contributed by atoms with van der Waals surface area (Å²) in [5, 5.41) is 2.85. The fraction of sp³-hybridized carbons (Fsp3) is 0.500. The molecule has 1 aromatic carbocycles. The Morgan fingerprint density at radius 1 is 1.30 bits per heavy atom. The predicted octanol–water partition coefficient (Wildman–Crippen LogP) is 2.23. The van der Waals surface area contributed by atoms with E-state index in [9.17, 15) is 4.79 Å². The van der Waals surface area contributed by atoms with E-state index < -0.39 is 6.09 Å². The number of rotatable bonds is 2. The third kappa shape index (κ3) is 2.01. The van der Waals surface area contributed by atoms with Crippen LogP contribution < -0.4 is 19.5 Å². The van der Waals surface area contributed by atoms with E-state index in [0.717, 1.165) is 5.56 Å². The number of methoxy groups -OCH3 is 1. The summed E-state index contributed by atoms with van der Waals surface area (Å²) in [6.45, 7) is 4.61. The van der Waals surface area contributed by atoms with E-state index in [4.69, 9.17) is 18.9 Å². The van der Waals surface area contributed by atoms with Crippen molar-refractivity contribution in [1.82, 2.24) is 5.32 Å². The first-order valence-electron chi connectivity index (χ1n) is 6.42. The van der Waals surface area contributed by atoms with Crippen molar-refractivity contribution in [3.05, 3.63) is 17.7 Å². The summed E-state index contributed by atoms with van der Waals surface area (Å²) in [6.07, 6.45) is -0.411. The van der Waals surface area contributed by atoms with Crippen LogP contribution in [0.4, 0.5) is 4.79 Å². The van der Waals surface area contributed by atoms with Gasteiger partial charge in [0, 0.05) is 5.41 Å². The van der Waals surface area contributed by atoms with E-state index in [-0.39, 0.29) is 18.2 Å². The van der Waals surface area contributed by atoms with E-state index in [2.05, 4.69) is 5.32 Å². The van der Waals surface area contributed by atoms with E-state index in [1.165, 1.54) is 0 Å². The molecule has 0 aliphatic carbocycles. The second-order valence-corrected chi connectivity index (χ2v) is 5.60. The topological polar surface area (TPSA) is 66.0 Å².